The summed E-state index contributed by atoms with van der Waals surface area (Å²) in [7, 11) is 0. The molecule has 1 aliphatic rings. The van der Waals surface area contributed by atoms with E-state index in [-0.39, 0.29) is 0 Å². The van der Waals surface area contributed by atoms with Gasteiger partial charge in [0.2, 0.25) is 0 Å². The first-order valence-electron chi connectivity index (χ1n) is 4.85. The number of hydrogen-bond acceptors (Lipinski definition) is 2. The van der Waals surface area contributed by atoms with Crippen molar-refractivity contribution in [2.75, 3.05) is 0 Å². The lowest BCUT2D eigenvalue weighted by Gasteiger charge is -2.27. The zero-order valence-corrected chi connectivity index (χ0v) is 8.27. The molecule has 2 rings (SSSR count). The predicted octanol–water partition coefficient (Wildman–Crippen LogP) is 1.81. The molecule has 0 radical (unpaired) electrons. The highest BCUT2D eigenvalue weighted by atomic mass is 16.3. The molecule has 0 saturated heterocycles. The van der Waals surface area contributed by atoms with Crippen molar-refractivity contribution in [2.24, 2.45) is 5.41 Å². The average molecular weight is 197 g/mol. The molecule has 0 spiro atoms. The van der Waals surface area contributed by atoms with Crippen LogP contribution in [0.1, 0.15) is 18.4 Å². The van der Waals surface area contributed by atoms with Crippen LogP contribution < -0.4 is 0 Å². The van der Waals surface area contributed by atoms with Gasteiger partial charge in [0.1, 0.15) is 5.41 Å². The van der Waals surface area contributed by atoms with Gasteiger partial charge in [-0.15, -0.1) is 6.42 Å². The van der Waals surface area contributed by atoms with Gasteiger partial charge in [0.15, 0.2) is 5.60 Å². The van der Waals surface area contributed by atoms with Gasteiger partial charge in [0.05, 0.1) is 6.07 Å². The monoisotopic (exact) mass is 197 g/mol. The van der Waals surface area contributed by atoms with E-state index in [2.05, 4.69) is 12.0 Å². The maximum atomic E-state index is 10.4. The van der Waals surface area contributed by atoms with Crippen LogP contribution in [0.15, 0.2) is 30.3 Å². The predicted molar refractivity (Wildman–Crippen MR) is 56.5 cm³/mol. The summed E-state index contributed by atoms with van der Waals surface area (Å²) in [5.41, 5.74) is -1.59. The van der Waals surface area contributed by atoms with Gasteiger partial charge in [0, 0.05) is 0 Å². The highest BCUT2D eigenvalue weighted by Crippen LogP contribution is 2.57. The fraction of sp³-hybridized carbons (Fsp3) is 0.308. The lowest BCUT2D eigenvalue weighted by molar-refractivity contribution is 0.0458. The number of aliphatic hydroxyl groups is 1. The average Bonchev–Trinajstić information content (AvgIpc) is 3.10. The standard InChI is InChI=1S/C13H11NO/c1-2-13(15,12(10-14)8-9-12)11-6-4-3-5-7-11/h1,3-7,15H,8-9H2. The quantitative estimate of drug-likeness (QED) is 0.735. The Morgan fingerprint density at radius 2 is 1.93 bits per heavy atom. The summed E-state index contributed by atoms with van der Waals surface area (Å²) in [5, 5.41) is 19.5. The molecule has 1 aromatic carbocycles. The van der Waals surface area contributed by atoms with E-state index in [0.29, 0.717) is 18.4 Å². The number of hydrogen-bond donors (Lipinski definition) is 1. The minimum Gasteiger partial charge on any atom is -0.372 e. The van der Waals surface area contributed by atoms with Gasteiger partial charge in [-0.2, -0.15) is 5.26 Å². The molecule has 0 heterocycles. The number of benzene rings is 1. The summed E-state index contributed by atoms with van der Waals surface area (Å²) >= 11 is 0. The van der Waals surface area contributed by atoms with E-state index in [1.165, 1.54) is 0 Å². The van der Waals surface area contributed by atoms with Crippen molar-refractivity contribution < 1.29 is 5.11 Å². The molecule has 1 aromatic rings. The van der Waals surface area contributed by atoms with Crippen molar-refractivity contribution in [1.82, 2.24) is 0 Å². The summed E-state index contributed by atoms with van der Waals surface area (Å²) in [6.07, 6.45) is 6.72. The Bertz CT molecular complexity index is 448. The molecule has 1 atom stereocenters. The smallest absolute Gasteiger partial charge is 0.169 e. The Morgan fingerprint density at radius 1 is 1.33 bits per heavy atom. The highest BCUT2D eigenvalue weighted by Gasteiger charge is 2.60. The minimum absolute atomic E-state index is 0.631. The van der Waals surface area contributed by atoms with Crippen LogP contribution in [0.2, 0.25) is 0 Å². The SMILES string of the molecule is C#CC(O)(c1ccccc1)C1(C#N)CC1. The molecule has 15 heavy (non-hydrogen) atoms. The fourth-order valence-corrected chi connectivity index (χ4v) is 1.86. The lowest BCUT2D eigenvalue weighted by atomic mass is 9.80. The zero-order chi connectivity index (χ0) is 10.9. The minimum atomic E-state index is -1.44. The molecule has 0 aromatic heterocycles. The van der Waals surface area contributed by atoms with E-state index in [9.17, 15) is 5.11 Å². The Morgan fingerprint density at radius 3 is 2.33 bits per heavy atom. The number of nitriles is 1. The van der Waals surface area contributed by atoms with Crippen molar-refractivity contribution >= 4 is 0 Å². The van der Waals surface area contributed by atoms with Crippen molar-refractivity contribution in [3.63, 3.8) is 0 Å². The third-order valence-corrected chi connectivity index (χ3v) is 3.06. The van der Waals surface area contributed by atoms with Crippen LogP contribution in [-0.2, 0) is 5.60 Å². The molecule has 2 nitrogen and oxygen atoms in total. The molecule has 2 heteroatoms. The zero-order valence-electron chi connectivity index (χ0n) is 8.27. The summed E-state index contributed by atoms with van der Waals surface area (Å²) in [4.78, 5) is 0. The third-order valence-electron chi connectivity index (χ3n) is 3.06. The molecule has 1 aliphatic carbocycles. The third kappa shape index (κ3) is 1.23. The first kappa shape index (κ1) is 9.77. The van der Waals surface area contributed by atoms with Crippen LogP contribution in [0.25, 0.3) is 0 Å². The van der Waals surface area contributed by atoms with Gasteiger partial charge in [-0.1, -0.05) is 36.3 Å². The molecule has 74 valence electrons. The van der Waals surface area contributed by atoms with Crippen molar-refractivity contribution in [1.29, 1.82) is 5.26 Å². The van der Waals surface area contributed by atoms with E-state index in [0.717, 1.165) is 0 Å². The molecule has 1 fully saturated rings. The largest absolute Gasteiger partial charge is 0.372 e. The van der Waals surface area contributed by atoms with E-state index < -0.39 is 11.0 Å². The van der Waals surface area contributed by atoms with Crippen LogP contribution in [-0.4, -0.2) is 5.11 Å². The van der Waals surface area contributed by atoms with E-state index in [1.807, 2.05) is 18.2 Å². The van der Waals surface area contributed by atoms with Crippen LogP contribution >= 0.6 is 0 Å². The van der Waals surface area contributed by atoms with Crippen LogP contribution in [0.3, 0.4) is 0 Å². The highest BCUT2D eigenvalue weighted by molar-refractivity contribution is 5.40. The van der Waals surface area contributed by atoms with E-state index >= 15 is 0 Å². The van der Waals surface area contributed by atoms with E-state index in [1.54, 1.807) is 12.1 Å². The van der Waals surface area contributed by atoms with Gasteiger partial charge in [-0.25, -0.2) is 0 Å². The number of terminal acetylenes is 1. The molecule has 1 saturated carbocycles. The molecular weight excluding hydrogens is 186 g/mol. The second-order valence-electron chi connectivity index (χ2n) is 3.91. The Balaban J connectivity index is 2.50. The van der Waals surface area contributed by atoms with Crippen molar-refractivity contribution in [3.05, 3.63) is 35.9 Å². The lowest BCUT2D eigenvalue weighted by Crippen LogP contribution is -2.34. The number of nitrogens with zero attached hydrogens (tertiary/aromatic N) is 1. The van der Waals surface area contributed by atoms with Gasteiger partial charge in [0.25, 0.3) is 0 Å². The van der Waals surface area contributed by atoms with Gasteiger partial charge < -0.3 is 5.11 Å². The van der Waals surface area contributed by atoms with Crippen LogP contribution in [0.4, 0.5) is 0 Å². The van der Waals surface area contributed by atoms with Gasteiger partial charge >= 0.3 is 0 Å². The second kappa shape index (κ2) is 3.12. The number of rotatable bonds is 2. The first-order chi connectivity index (χ1) is 7.18. The second-order valence-corrected chi connectivity index (χ2v) is 3.91. The summed E-state index contributed by atoms with van der Waals surface area (Å²) < 4.78 is 0. The molecule has 0 amide bonds. The maximum Gasteiger partial charge on any atom is 0.169 e. The molecular formula is C13H11NO. The Labute approximate surface area is 89.2 Å². The molecule has 1 N–H and O–H groups in total. The normalized spacial score (nSPS) is 20.7. The van der Waals surface area contributed by atoms with E-state index in [4.69, 9.17) is 11.7 Å². The Hall–Kier alpha value is -1.77. The topological polar surface area (TPSA) is 44.0 Å². The van der Waals surface area contributed by atoms with Crippen LogP contribution in [0.5, 0.6) is 0 Å². The Kier molecular flexibility index (Phi) is 2.03. The van der Waals surface area contributed by atoms with Crippen LogP contribution in [0, 0.1) is 29.1 Å². The molecule has 0 bridgehead atoms. The summed E-state index contributed by atoms with van der Waals surface area (Å²) in [6, 6.07) is 11.1. The molecule has 1 unspecified atom stereocenters. The maximum absolute atomic E-state index is 10.4. The van der Waals surface area contributed by atoms with Gasteiger partial charge in [-0.05, 0) is 18.4 Å². The summed E-state index contributed by atoms with van der Waals surface area (Å²) in [6.45, 7) is 0. The van der Waals surface area contributed by atoms with Gasteiger partial charge in [-0.3, -0.25) is 0 Å². The summed E-state index contributed by atoms with van der Waals surface area (Å²) in [5.74, 6) is 2.38. The van der Waals surface area contributed by atoms with Crippen molar-refractivity contribution in [2.45, 2.75) is 18.4 Å². The fourth-order valence-electron chi connectivity index (χ4n) is 1.86. The van der Waals surface area contributed by atoms with Crippen molar-refractivity contribution in [3.8, 4) is 18.4 Å². The molecule has 0 aliphatic heterocycles. The first-order valence-corrected chi connectivity index (χ1v) is 4.85.